The van der Waals surface area contributed by atoms with E-state index in [2.05, 4.69) is 22.0 Å². The summed E-state index contributed by atoms with van der Waals surface area (Å²) in [5.74, 6) is 1.59. The fraction of sp³-hybridized carbons (Fsp3) is 0.0714. The van der Waals surface area contributed by atoms with Gasteiger partial charge in [0, 0.05) is 10.5 Å². The summed E-state index contributed by atoms with van der Waals surface area (Å²) < 4.78 is 11.4. The van der Waals surface area contributed by atoms with Gasteiger partial charge in [0.05, 0.1) is 12.8 Å². The molecule has 0 saturated carbocycles. The Kier molecular flexibility index (Phi) is 3.93. The summed E-state index contributed by atoms with van der Waals surface area (Å²) in [6, 6.07) is 12.5. The molecule has 0 atom stereocenters. The van der Waals surface area contributed by atoms with Gasteiger partial charge in [0.25, 0.3) is 0 Å². The van der Waals surface area contributed by atoms with Crippen LogP contribution in [0.2, 0.25) is 0 Å². The molecule has 0 amide bonds. The van der Waals surface area contributed by atoms with E-state index < -0.39 is 0 Å². The first-order valence-corrected chi connectivity index (χ1v) is 6.25. The molecule has 2 N–H and O–H groups in total. The number of rotatable bonds is 3. The zero-order chi connectivity index (χ0) is 13.8. The lowest BCUT2D eigenvalue weighted by molar-refractivity contribution is 0.413. The van der Waals surface area contributed by atoms with Crippen molar-refractivity contribution in [2.24, 2.45) is 0 Å². The number of nitrogen functional groups attached to an aromatic ring is 1. The highest BCUT2D eigenvalue weighted by Crippen LogP contribution is 2.34. The zero-order valence-electron chi connectivity index (χ0n) is 10.2. The SMILES string of the molecule is COc1ccc(Oc2cccc(Br)c2C#N)c(N)c1. The highest BCUT2D eigenvalue weighted by molar-refractivity contribution is 9.10. The van der Waals surface area contributed by atoms with Crippen molar-refractivity contribution >= 4 is 21.6 Å². The zero-order valence-corrected chi connectivity index (χ0v) is 11.8. The molecule has 96 valence electrons. The van der Waals surface area contributed by atoms with Gasteiger partial charge in [0.15, 0.2) is 5.75 Å². The fourth-order valence-electron chi connectivity index (χ4n) is 1.56. The van der Waals surface area contributed by atoms with Crippen molar-refractivity contribution in [3.8, 4) is 23.3 Å². The van der Waals surface area contributed by atoms with Gasteiger partial charge in [-0.2, -0.15) is 5.26 Å². The Morgan fingerprint density at radius 1 is 1.21 bits per heavy atom. The van der Waals surface area contributed by atoms with Gasteiger partial charge in [0.2, 0.25) is 0 Å². The number of hydrogen-bond donors (Lipinski definition) is 1. The molecule has 0 unspecified atom stereocenters. The van der Waals surface area contributed by atoms with Gasteiger partial charge >= 0.3 is 0 Å². The number of hydrogen-bond acceptors (Lipinski definition) is 4. The van der Waals surface area contributed by atoms with Crippen molar-refractivity contribution in [1.82, 2.24) is 0 Å². The normalized spacial score (nSPS) is 9.74. The van der Waals surface area contributed by atoms with Crippen LogP contribution in [-0.4, -0.2) is 7.11 Å². The molecule has 5 heteroatoms. The number of benzene rings is 2. The molecule has 0 heterocycles. The number of methoxy groups -OCH3 is 1. The Morgan fingerprint density at radius 3 is 2.63 bits per heavy atom. The average Bonchev–Trinajstić information content (AvgIpc) is 2.41. The Morgan fingerprint density at radius 2 is 2.00 bits per heavy atom. The minimum Gasteiger partial charge on any atom is -0.497 e. The maximum Gasteiger partial charge on any atom is 0.150 e. The molecule has 0 radical (unpaired) electrons. The Hall–Kier alpha value is -2.19. The van der Waals surface area contributed by atoms with Gasteiger partial charge in [-0.15, -0.1) is 0 Å². The van der Waals surface area contributed by atoms with Crippen LogP contribution in [0.25, 0.3) is 0 Å². The molecule has 0 aliphatic carbocycles. The largest absolute Gasteiger partial charge is 0.497 e. The molecule has 0 spiro atoms. The van der Waals surface area contributed by atoms with Gasteiger partial charge in [0.1, 0.15) is 23.1 Å². The Labute approximate surface area is 119 Å². The number of anilines is 1. The summed E-state index contributed by atoms with van der Waals surface area (Å²) in [4.78, 5) is 0. The second-order valence-electron chi connectivity index (χ2n) is 3.73. The van der Waals surface area contributed by atoms with Crippen molar-refractivity contribution in [1.29, 1.82) is 5.26 Å². The van der Waals surface area contributed by atoms with Crippen molar-refractivity contribution in [2.45, 2.75) is 0 Å². The minimum atomic E-state index is 0.428. The van der Waals surface area contributed by atoms with Gasteiger partial charge in [-0.25, -0.2) is 0 Å². The van der Waals surface area contributed by atoms with E-state index in [1.165, 1.54) is 0 Å². The first kappa shape index (κ1) is 13.2. The van der Waals surface area contributed by atoms with Crippen LogP contribution >= 0.6 is 15.9 Å². The molecule has 2 aromatic carbocycles. The van der Waals surface area contributed by atoms with E-state index in [4.69, 9.17) is 20.5 Å². The van der Waals surface area contributed by atoms with Crippen LogP contribution in [0.15, 0.2) is 40.9 Å². The quantitative estimate of drug-likeness (QED) is 0.876. The van der Waals surface area contributed by atoms with E-state index in [9.17, 15) is 0 Å². The lowest BCUT2D eigenvalue weighted by atomic mass is 10.2. The number of nitrogens with zero attached hydrogens (tertiary/aromatic N) is 1. The van der Waals surface area contributed by atoms with E-state index in [1.807, 2.05) is 0 Å². The van der Waals surface area contributed by atoms with Gasteiger partial charge in [-0.3, -0.25) is 0 Å². The number of ether oxygens (including phenoxy) is 2. The predicted octanol–water partition coefficient (Wildman–Crippen LogP) is 3.70. The maximum absolute atomic E-state index is 9.12. The number of nitriles is 1. The molecule has 0 aliphatic rings. The predicted molar refractivity (Wildman–Crippen MR) is 76.3 cm³/mol. The molecular formula is C14H11BrN2O2. The van der Waals surface area contributed by atoms with E-state index in [0.717, 1.165) is 0 Å². The smallest absolute Gasteiger partial charge is 0.150 e. The van der Waals surface area contributed by atoms with Crippen molar-refractivity contribution in [3.05, 3.63) is 46.4 Å². The average molecular weight is 319 g/mol. The van der Waals surface area contributed by atoms with E-state index in [-0.39, 0.29) is 0 Å². The van der Waals surface area contributed by atoms with Crippen LogP contribution in [0.5, 0.6) is 17.2 Å². The Bertz CT molecular complexity index is 650. The minimum absolute atomic E-state index is 0.428. The monoisotopic (exact) mass is 318 g/mol. The van der Waals surface area contributed by atoms with E-state index in [1.54, 1.807) is 43.5 Å². The third kappa shape index (κ3) is 2.80. The summed E-state index contributed by atoms with van der Waals surface area (Å²) in [6.45, 7) is 0. The highest BCUT2D eigenvalue weighted by atomic mass is 79.9. The van der Waals surface area contributed by atoms with Crippen LogP contribution in [0.3, 0.4) is 0 Å². The number of halogens is 1. The molecule has 2 aromatic rings. The first-order chi connectivity index (χ1) is 9.15. The molecule has 2 rings (SSSR count). The third-order valence-corrected chi connectivity index (χ3v) is 3.18. The first-order valence-electron chi connectivity index (χ1n) is 5.45. The molecule has 19 heavy (non-hydrogen) atoms. The molecule has 4 nitrogen and oxygen atoms in total. The van der Waals surface area contributed by atoms with E-state index >= 15 is 0 Å². The summed E-state index contributed by atoms with van der Waals surface area (Å²) in [6.07, 6.45) is 0. The van der Waals surface area contributed by atoms with Gasteiger partial charge in [-0.1, -0.05) is 6.07 Å². The highest BCUT2D eigenvalue weighted by Gasteiger charge is 2.10. The van der Waals surface area contributed by atoms with Crippen molar-refractivity contribution in [3.63, 3.8) is 0 Å². The van der Waals surface area contributed by atoms with E-state index in [0.29, 0.717) is 33.0 Å². The second kappa shape index (κ2) is 5.63. The summed E-state index contributed by atoms with van der Waals surface area (Å²) in [7, 11) is 1.57. The van der Waals surface area contributed by atoms with Gasteiger partial charge < -0.3 is 15.2 Å². The molecule has 0 fully saturated rings. The van der Waals surface area contributed by atoms with Crippen LogP contribution in [0, 0.1) is 11.3 Å². The second-order valence-corrected chi connectivity index (χ2v) is 4.58. The standard InChI is InChI=1S/C14H11BrN2O2/c1-18-9-5-6-14(12(17)7-9)19-13-4-2-3-11(15)10(13)8-16/h2-7H,17H2,1H3. The maximum atomic E-state index is 9.12. The van der Waals surface area contributed by atoms with Crippen LogP contribution in [0.4, 0.5) is 5.69 Å². The lowest BCUT2D eigenvalue weighted by Gasteiger charge is -2.11. The fourth-order valence-corrected chi connectivity index (χ4v) is 2.00. The van der Waals surface area contributed by atoms with Crippen molar-refractivity contribution in [2.75, 3.05) is 12.8 Å². The molecule has 0 saturated heterocycles. The van der Waals surface area contributed by atoms with Crippen molar-refractivity contribution < 1.29 is 9.47 Å². The molecule has 0 aromatic heterocycles. The van der Waals surface area contributed by atoms with Crippen LogP contribution < -0.4 is 15.2 Å². The molecular weight excluding hydrogens is 308 g/mol. The van der Waals surface area contributed by atoms with Crippen LogP contribution in [-0.2, 0) is 0 Å². The summed E-state index contributed by atoms with van der Waals surface area (Å²) in [5.41, 5.74) is 6.75. The summed E-state index contributed by atoms with van der Waals surface area (Å²) >= 11 is 3.31. The lowest BCUT2D eigenvalue weighted by Crippen LogP contribution is -1.95. The topological polar surface area (TPSA) is 68.3 Å². The summed E-state index contributed by atoms with van der Waals surface area (Å²) in [5, 5.41) is 9.12. The Balaban J connectivity index is 2.37. The molecule has 0 bridgehead atoms. The molecule has 0 aliphatic heterocycles. The third-order valence-electron chi connectivity index (χ3n) is 2.52. The van der Waals surface area contributed by atoms with Gasteiger partial charge in [-0.05, 0) is 40.2 Å². The van der Waals surface area contributed by atoms with Crippen LogP contribution in [0.1, 0.15) is 5.56 Å². The number of nitrogens with two attached hydrogens (primary N) is 1.